The summed E-state index contributed by atoms with van der Waals surface area (Å²) in [6.45, 7) is 7.00. The third-order valence-corrected chi connectivity index (χ3v) is 3.50. The van der Waals surface area contributed by atoms with Gasteiger partial charge in [-0.25, -0.2) is 0 Å². The molecule has 0 radical (unpaired) electrons. The van der Waals surface area contributed by atoms with Crippen molar-refractivity contribution < 1.29 is 9.53 Å². The van der Waals surface area contributed by atoms with Gasteiger partial charge in [0.05, 0.1) is 13.0 Å². The molecular weight excluding hydrogens is 202 g/mol. The second-order valence-corrected chi connectivity index (χ2v) is 5.83. The molecule has 3 heteroatoms. The fourth-order valence-electron chi connectivity index (χ4n) is 2.30. The van der Waals surface area contributed by atoms with E-state index >= 15 is 0 Å². The van der Waals surface area contributed by atoms with Crippen LogP contribution >= 0.6 is 0 Å². The summed E-state index contributed by atoms with van der Waals surface area (Å²) in [6, 6.07) is 0.606. The van der Waals surface area contributed by atoms with Gasteiger partial charge in [-0.1, -0.05) is 33.6 Å². The van der Waals surface area contributed by atoms with Gasteiger partial charge in [-0.3, -0.25) is 4.79 Å². The van der Waals surface area contributed by atoms with Gasteiger partial charge in [-0.05, 0) is 18.3 Å². The van der Waals surface area contributed by atoms with E-state index in [-0.39, 0.29) is 17.3 Å². The fraction of sp³-hybridized carbons (Fsp3) is 0.923. The van der Waals surface area contributed by atoms with Crippen molar-refractivity contribution in [2.24, 2.45) is 11.3 Å². The van der Waals surface area contributed by atoms with Crippen LogP contribution in [-0.2, 0) is 9.53 Å². The summed E-state index contributed by atoms with van der Waals surface area (Å²) in [5.41, 5.74) is -0.0430. The maximum absolute atomic E-state index is 11.7. The smallest absolute Gasteiger partial charge is 0.310 e. The van der Waals surface area contributed by atoms with Crippen molar-refractivity contribution >= 4 is 5.97 Å². The normalized spacial score (nSPS) is 19.8. The van der Waals surface area contributed by atoms with Crippen LogP contribution in [0.25, 0.3) is 0 Å². The Labute approximate surface area is 98.9 Å². The molecule has 1 unspecified atom stereocenters. The molecule has 1 N–H and O–H groups in total. The predicted octanol–water partition coefficient (Wildman–Crippen LogP) is 2.35. The topological polar surface area (TPSA) is 38.3 Å². The molecule has 1 atom stereocenters. The molecule has 0 spiro atoms. The molecule has 16 heavy (non-hydrogen) atoms. The molecular formula is C13H25NO2. The van der Waals surface area contributed by atoms with Crippen LogP contribution in [0.2, 0.25) is 0 Å². The Hall–Kier alpha value is -0.570. The zero-order valence-corrected chi connectivity index (χ0v) is 11.0. The van der Waals surface area contributed by atoms with Crippen LogP contribution in [0.3, 0.4) is 0 Å². The molecule has 0 aromatic heterocycles. The van der Waals surface area contributed by atoms with Crippen molar-refractivity contribution in [2.75, 3.05) is 13.7 Å². The monoisotopic (exact) mass is 227 g/mol. The number of hydrogen-bond donors (Lipinski definition) is 1. The van der Waals surface area contributed by atoms with E-state index in [1.165, 1.54) is 32.8 Å². The molecule has 1 fully saturated rings. The SMILES string of the molecule is COC(=O)C(CNC1CCCC1)C(C)(C)C. The van der Waals surface area contributed by atoms with Gasteiger partial charge in [0.15, 0.2) is 0 Å². The number of rotatable bonds is 4. The lowest BCUT2D eigenvalue weighted by atomic mass is 9.80. The number of carbonyl (C=O) groups is 1. The third kappa shape index (κ3) is 3.78. The van der Waals surface area contributed by atoms with Crippen LogP contribution in [0.4, 0.5) is 0 Å². The average molecular weight is 227 g/mol. The van der Waals surface area contributed by atoms with E-state index in [2.05, 4.69) is 26.1 Å². The molecule has 1 saturated carbocycles. The first-order valence-electron chi connectivity index (χ1n) is 6.26. The average Bonchev–Trinajstić information content (AvgIpc) is 2.68. The highest BCUT2D eigenvalue weighted by atomic mass is 16.5. The van der Waals surface area contributed by atoms with Crippen molar-refractivity contribution in [1.82, 2.24) is 5.32 Å². The summed E-state index contributed by atoms with van der Waals surface area (Å²) in [7, 11) is 1.47. The van der Waals surface area contributed by atoms with E-state index in [0.29, 0.717) is 6.04 Å². The molecule has 1 rings (SSSR count). The van der Waals surface area contributed by atoms with Crippen molar-refractivity contribution in [2.45, 2.75) is 52.5 Å². The summed E-state index contributed by atoms with van der Waals surface area (Å²) >= 11 is 0. The quantitative estimate of drug-likeness (QED) is 0.749. The molecule has 3 nitrogen and oxygen atoms in total. The molecule has 94 valence electrons. The summed E-state index contributed by atoms with van der Waals surface area (Å²) in [6.07, 6.45) is 5.13. The Kier molecular flexibility index (Phi) is 4.78. The van der Waals surface area contributed by atoms with E-state index in [0.717, 1.165) is 6.54 Å². The van der Waals surface area contributed by atoms with Gasteiger partial charge in [-0.15, -0.1) is 0 Å². The Balaban J connectivity index is 2.46. The Morgan fingerprint density at radius 3 is 2.38 bits per heavy atom. The number of carbonyl (C=O) groups excluding carboxylic acids is 1. The summed E-state index contributed by atoms with van der Waals surface area (Å²) in [5, 5.41) is 3.50. The van der Waals surface area contributed by atoms with E-state index in [1.807, 2.05) is 0 Å². The van der Waals surface area contributed by atoms with Crippen LogP contribution in [0.5, 0.6) is 0 Å². The number of ether oxygens (including phenoxy) is 1. The van der Waals surface area contributed by atoms with Crippen molar-refractivity contribution in [1.29, 1.82) is 0 Å². The lowest BCUT2D eigenvalue weighted by Crippen LogP contribution is -2.41. The predicted molar refractivity (Wildman–Crippen MR) is 65.2 cm³/mol. The summed E-state index contributed by atoms with van der Waals surface area (Å²) in [4.78, 5) is 11.7. The van der Waals surface area contributed by atoms with E-state index < -0.39 is 0 Å². The van der Waals surface area contributed by atoms with Crippen LogP contribution in [-0.4, -0.2) is 25.7 Å². The van der Waals surface area contributed by atoms with Gasteiger partial charge in [0, 0.05) is 12.6 Å². The van der Waals surface area contributed by atoms with Gasteiger partial charge in [0.25, 0.3) is 0 Å². The molecule has 0 saturated heterocycles. The molecule has 0 aromatic rings. The molecule has 0 aromatic carbocycles. The number of hydrogen-bond acceptors (Lipinski definition) is 3. The minimum absolute atomic E-state index is 0.0430. The number of esters is 1. The fourth-order valence-corrected chi connectivity index (χ4v) is 2.30. The molecule has 0 aliphatic heterocycles. The molecule has 0 bridgehead atoms. The maximum Gasteiger partial charge on any atom is 0.310 e. The van der Waals surface area contributed by atoms with Crippen LogP contribution < -0.4 is 5.32 Å². The van der Waals surface area contributed by atoms with Crippen LogP contribution in [0, 0.1) is 11.3 Å². The van der Waals surface area contributed by atoms with Crippen molar-refractivity contribution in [3.63, 3.8) is 0 Å². The van der Waals surface area contributed by atoms with Crippen molar-refractivity contribution in [3.8, 4) is 0 Å². The third-order valence-electron chi connectivity index (χ3n) is 3.50. The number of nitrogens with one attached hydrogen (secondary N) is 1. The van der Waals surface area contributed by atoms with E-state index in [4.69, 9.17) is 4.74 Å². The van der Waals surface area contributed by atoms with E-state index in [1.54, 1.807) is 0 Å². The van der Waals surface area contributed by atoms with Crippen LogP contribution in [0.1, 0.15) is 46.5 Å². The lowest BCUT2D eigenvalue weighted by Gasteiger charge is -2.29. The molecule has 1 aliphatic rings. The molecule has 0 heterocycles. The summed E-state index contributed by atoms with van der Waals surface area (Å²) in [5.74, 6) is -0.156. The first kappa shape index (κ1) is 13.5. The highest BCUT2D eigenvalue weighted by Gasteiger charge is 2.32. The molecule has 1 aliphatic carbocycles. The Morgan fingerprint density at radius 1 is 1.38 bits per heavy atom. The summed E-state index contributed by atoms with van der Waals surface area (Å²) < 4.78 is 4.88. The largest absolute Gasteiger partial charge is 0.469 e. The highest BCUT2D eigenvalue weighted by Crippen LogP contribution is 2.27. The molecule has 0 amide bonds. The van der Waals surface area contributed by atoms with Crippen molar-refractivity contribution in [3.05, 3.63) is 0 Å². The van der Waals surface area contributed by atoms with Gasteiger partial charge in [0.1, 0.15) is 0 Å². The lowest BCUT2D eigenvalue weighted by molar-refractivity contribution is -0.149. The van der Waals surface area contributed by atoms with E-state index in [9.17, 15) is 4.79 Å². The zero-order valence-electron chi connectivity index (χ0n) is 11.0. The highest BCUT2D eigenvalue weighted by molar-refractivity contribution is 5.73. The second kappa shape index (κ2) is 5.67. The zero-order chi connectivity index (χ0) is 12.2. The standard InChI is InChI=1S/C13H25NO2/c1-13(2,3)11(12(15)16-4)9-14-10-7-5-6-8-10/h10-11,14H,5-9H2,1-4H3. The van der Waals surface area contributed by atoms with Crippen LogP contribution in [0.15, 0.2) is 0 Å². The van der Waals surface area contributed by atoms with Gasteiger partial charge >= 0.3 is 5.97 Å². The van der Waals surface area contributed by atoms with Gasteiger partial charge in [-0.2, -0.15) is 0 Å². The second-order valence-electron chi connectivity index (χ2n) is 5.83. The maximum atomic E-state index is 11.7. The van der Waals surface area contributed by atoms with Gasteiger partial charge < -0.3 is 10.1 Å². The van der Waals surface area contributed by atoms with Gasteiger partial charge in [0.2, 0.25) is 0 Å². The Bertz CT molecular complexity index is 227. The minimum Gasteiger partial charge on any atom is -0.469 e. The first-order valence-corrected chi connectivity index (χ1v) is 6.26. The Morgan fingerprint density at radius 2 is 1.94 bits per heavy atom. The number of methoxy groups -OCH3 is 1. The minimum atomic E-state index is -0.0991. The first-order chi connectivity index (χ1) is 7.45.